The van der Waals surface area contributed by atoms with Crippen molar-refractivity contribution in [1.82, 2.24) is 0 Å². The van der Waals surface area contributed by atoms with Crippen molar-refractivity contribution in [1.29, 1.82) is 0 Å². The molecule has 11 rings (SSSR count). The van der Waals surface area contributed by atoms with Crippen molar-refractivity contribution in [2.45, 2.75) is 0 Å². The van der Waals surface area contributed by atoms with Crippen molar-refractivity contribution in [3.05, 3.63) is 182 Å². The Morgan fingerprint density at radius 3 is 1.78 bits per heavy atom. The lowest BCUT2D eigenvalue weighted by atomic mass is 9.81. The average molecular weight is 657 g/mol. The van der Waals surface area contributed by atoms with Crippen molar-refractivity contribution in [3.8, 4) is 56.0 Å². The lowest BCUT2D eigenvalue weighted by Crippen LogP contribution is -1.99. The second-order valence-electron chi connectivity index (χ2n) is 12.8. The molecule has 0 amide bonds. The van der Waals surface area contributed by atoms with E-state index in [2.05, 4.69) is 36.4 Å². The molecule has 1 nitrogen and oxygen atoms in total. The van der Waals surface area contributed by atoms with Crippen LogP contribution in [0, 0.1) is 0 Å². The second kappa shape index (κ2) is 10.9. The van der Waals surface area contributed by atoms with Gasteiger partial charge < -0.3 is 4.74 Å². The van der Waals surface area contributed by atoms with E-state index in [0.29, 0.717) is 43.8 Å². The zero-order chi connectivity index (χ0) is 42.2. The largest absolute Gasteiger partial charge is 0.455 e. The fourth-order valence-corrected chi connectivity index (χ4v) is 8.14. The van der Waals surface area contributed by atoms with Gasteiger partial charge in [-0.15, -0.1) is 0 Å². The van der Waals surface area contributed by atoms with Crippen molar-refractivity contribution in [2.24, 2.45) is 0 Å². The van der Waals surface area contributed by atoms with E-state index in [-0.39, 0.29) is 35.3 Å². The normalized spacial score (nSPS) is 14.8. The summed E-state index contributed by atoms with van der Waals surface area (Å²) in [4.78, 5) is 0. The fraction of sp³-hybridized carbons (Fsp3) is 0. The van der Waals surface area contributed by atoms with Gasteiger partial charge in [0.15, 0.2) is 0 Å². The summed E-state index contributed by atoms with van der Waals surface area (Å²) in [6.45, 7) is 0. The third-order valence-electron chi connectivity index (χ3n) is 10.2. The van der Waals surface area contributed by atoms with Crippen LogP contribution in [-0.4, -0.2) is 0 Å². The van der Waals surface area contributed by atoms with Gasteiger partial charge in [-0.2, -0.15) is 0 Å². The Hall–Kier alpha value is -6.70. The fourth-order valence-electron chi connectivity index (χ4n) is 8.14. The molecule has 0 spiro atoms. The highest BCUT2D eigenvalue weighted by Gasteiger charge is 2.26. The molecule has 0 bridgehead atoms. The highest BCUT2D eigenvalue weighted by molar-refractivity contribution is 6.31. The summed E-state index contributed by atoms with van der Waals surface area (Å²) in [5, 5.41) is 7.98. The van der Waals surface area contributed by atoms with Crippen LogP contribution in [0.15, 0.2) is 182 Å². The van der Waals surface area contributed by atoms with Crippen molar-refractivity contribution in [2.75, 3.05) is 0 Å². The van der Waals surface area contributed by atoms with E-state index in [0.717, 1.165) is 54.9 Å². The minimum atomic E-state index is -0.488. The predicted molar refractivity (Wildman–Crippen MR) is 216 cm³/mol. The highest BCUT2D eigenvalue weighted by atomic mass is 16.5. The highest BCUT2D eigenvalue weighted by Crippen LogP contribution is 2.53. The Balaban J connectivity index is 1.33. The molecule has 1 aliphatic heterocycles. The van der Waals surface area contributed by atoms with Gasteiger partial charge in [0.05, 0.1) is 13.7 Å². The monoisotopic (exact) mass is 656 g/mol. The molecular formula is C50H30O. The maximum atomic E-state index is 9.17. The number of hydrogen-bond donors (Lipinski definition) is 0. The molecule has 0 saturated carbocycles. The molecule has 1 heteroatoms. The van der Waals surface area contributed by atoms with Crippen molar-refractivity contribution in [3.63, 3.8) is 0 Å². The number of hydrogen-bond acceptors (Lipinski definition) is 1. The Labute approximate surface area is 309 Å². The first-order valence-corrected chi connectivity index (χ1v) is 16.8. The van der Waals surface area contributed by atoms with Crippen molar-refractivity contribution >= 4 is 53.9 Å². The van der Waals surface area contributed by atoms with Crippen LogP contribution in [-0.2, 0) is 0 Å². The smallest absolute Gasteiger partial charge is 0.143 e. The average Bonchev–Trinajstić information content (AvgIpc) is 3.29. The molecule has 0 aromatic heterocycles. The Kier molecular flexibility index (Phi) is 4.29. The lowest BCUT2D eigenvalue weighted by Gasteiger charge is -2.25. The molecule has 10 aromatic carbocycles. The topological polar surface area (TPSA) is 9.23 Å². The third kappa shape index (κ3) is 4.09. The number of fused-ring (bicyclic) bond motifs is 8. The molecular weight excluding hydrogens is 617 g/mol. The summed E-state index contributed by atoms with van der Waals surface area (Å²) in [6, 6.07) is 35.4. The molecule has 1 aliphatic rings. The van der Waals surface area contributed by atoms with E-state index >= 15 is 0 Å². The zero-order valence-electron chi connectivity index (χ0n) is 37.0. The molecule has 51 heavy (non-hydrogen) atoms. The maximum absolute atomic E-state index is 9.17. The minimum Gasteiger partial charge on any atom is -0.455 e. The van der Waals surface area contributed by atoms with E-state index in [4.69, 9.17) is 18.4 Å². The number of benzene rings is 10. The second-order valence-corrected chi connectivity index (χ2v) is 12.8. The van der Waals surface area contributed by atoms with E-state index < -0.39 is 36.3 Å². The molecule has 0 aliphatic carbocycles. The van der Waals surface area contributed by atoms with Crippen molar-refractivity contribution < 1.29 is 18.4 Å². The Bertz CT molecular complexity index is 3580. The lowest BCUT2D eigenvalue weighted by molar-refractivity contribution is 0.493. The van der Waals surface area contributed by atoms with Crippen LogP contribution >= 0.6 is 0 Å². The molecule has 0 radical (unpaired) electrons. The molecule has 0 unspecified atom stereocenters. The van der Waals surface area contributed by atoms with Gasteiger partial charge in [-0.1, -0.05) is 164 Å². The Morgan fingerprint density at radius 1 is 0.353 bits per heavy atom. The molecule has 0 fully saturated rings. The van der Waals surface area contributed by atoms with Gasteiger partial charge in [0.2, 0.25) is 0 Å². The van der Waals surface area contributed by atoms with Gasteiger partial charge in [0.25, 0.3) is 0 Å². The quantitative estimate of drug-likeness (QED) is 0.136. The summed E-state index contributed by atoms with van der Waals surface area (Å²) < 4.78 is 94.0. The molecule has 10 aromatic rings. The first kappa shape index (κ1) is 20.1. The molecule has 0 atom stereocenters. The van der Waals surface area contributed by atoms with Crippen LogP contribution in [0.25, 0.3) is 98.4 Å². The van der Waals surface area contributed by atoms with Crippen LogP contribution in [0.1, 0.15) is 13.7 Å². The minimum absolute atomic E-state index is 0.0639. The van der Waals surface area contributed by atoms with Gasteiger partial charge in [0.1, 0.15) is 11.5 Å². The summed E-state index contributed by atoms with van der Waals surface area (Å²) in [5.41, 5.74) is 4.69. The molecule has 0 N–H and O–H groups in total. The number of ether oxygens (including phenoxy) is 1. The van der Waals surface area contributed by atoms with Gasteiger partial charge in [0, 0.05) is 16.3 Å². The van der Waals surface area contributed by atoms with Gasteiger partial charge >= 0.3 is 0 Å². The van der Waals surface area contributed by atoms with E-state index in [9.17, 15) is 0 Å². The third-order valence-corrected chi connectivity index (χ3v) is 10.2. The van der Waals surface area contributed by atoms with Gasteiger partial charge in [-0.3, -0.25) is 0 Å². The summed E-state index contributed by atoms with van der Waals surface area (Å²) >= 11 is 0. The van der Waals surface area contributed by atoms with E-state index in [1.54, 1.807) is 12.1 Å². The molecule has 1 heterocycles. The van der Waals surface area contributed by atoms with Crippen LogP contribution in [0.2, 0.25) is 0 Å². The van der Waals surface area contributed by atoms with Gasteiger partial charge in [-0.05, 0) is 100 Å². The van der Waals surface area contributed by atoms with Crippen LogP contribution in [0.3, 0.4) is 0 Å². The van der Waals surface area contributed by atoms with Crippen LogP contribution < -0.4 is 4.74 Å². The predicted octanol–water partition coefficient (Wildman–Crippen LogP) is 14.2. The van der Waals surface area contributed by atoms with Crippen LogP contribution in [0.4, 0.5) is 0 Å². The molecule has 0 saturated heterocycles. The van der Waals surface area contributed by atoms with Gasteiger partial charge in [-0.25, -0.2) is 0 Å². The van der Waals surface area contributed by atoms with E-state index in [1.165, 1.54) is 0 Å². The SMILES string of the molecule is [2H]c1c([2H])c([2H])c(-c2cccc3c2ccc2c(-c4c([2H])c([2H])c([2H])c([2H])c4[2H])c4ccccc4c(-c4ccc5c6c(cccc46)-c4ccc6ccccc6c4O5)c23)c([2H])c1[2H]. The number of rotatable bonds is 3. The summed E-state index contributed by atoms with van der Waals surface area (Å²) in [6.07, 6.45) is 0. The first-order valence-electron chi connectivity index (χ1n) is 21.8. The van der Waals surface area contributed by atoms with E-state index in [1.807, 2.05) is 72.8 Å². The van der Waals surface area contributed by atoms with Crippen LogP contribution in [0.5, 0.6) is 11.5 Å². The standard InChI is InChI=1S/C50H30O/c1-3-13-31(14-4-1)34-21-11-22-37-36(34)27-28-44-46(33-16-5-2-6-17-33)38-19-9-10-20-40(38)48(49(37)44)42-29-30-45-47-39(42)23-12-24-41(47)43-26-25-32-15-7-8-18-35(32)50(43)51-45/h1-30H/i1D,2D,3D,4D,5D,6D,13D,14D,16D,17D. The first-order chi connectivity index (χ1) is 29.5. The maximum Gasteiger partial charge on any atom is 0.143 e. The Morgan fingerprint density at radius 2 is 0.980 bits per heavy atom. The summed E-state index contributed by atoms with van der Waals surface area (Å²) in [7, 11) is 0. The summed E-state index contributed by atoms with van der Waals surface area (Å²) in [5.74, 6) is 1.49. The molecule has 236 valence electrons. The zero-order valence-corrected chi connectivity index (χ0v) is 27.0.